The molecule has 0 fully saturated rings. The molecule has 0 saturated carbocycles. The van der Waals surface area contributed by atoms with Gasteiger partial charge in [-0.1, -0.05) is 24.3 Å². The van der Waals surface area contributed by atoms with Gasteiger partial charge in [0.2, 0.25) is 10.0 Å². The van der Waals surface area contributed by atoms with Gasteiger partial charge in [-0.25, -0.2) is 8.42 Å². The molecule has 1 aromatic heterocycles. The van der Waals surface area contributed by atoms with Gasteiger partial charge in [0.05, 0.1) is 11.3 Å². The number of halogens is 3. The van der Waals surface area contributed by atoms with Gasteiger partial charge in [-0.3, -0.25) is 4.98 Å². The van der Waals surface area contributed by atoms with Crippen LogP contribution in [0.25, 0.3) is 11.1 Å². The van der Waals surface area contributed by atoms with Crippen LogP contribution in [0.5, 0.6) is 5.75 Å². The number of hydrogen-bond acceptors (Lipinski definition) is 4. The van der Waals surface area contributed by atoms with Crippen LogP contribution < -0.4 is 4.74 Å². The van der Waals surface area contributed by atoms with Crippen LogP contribution in [0.4, 0.5) is 13.2 Å². The highest BCUT2D eigenvalue weighted by Crippen LogP contribution is 2.32. The van der Waals surface area contributed by atoms with Crippen molar-refractivity contribution < 1.29 is 26.3 Å². The first kappa shape index (κ1) is 21.3. The van der Waals surface area contributed by atoms with E-state index in [-0.39, 0.29) is 25.3 Å². The molecule has 2 aromatic carbocycles. The van der Waals surface area contributed by atoms with Crippen molar-refractivity contribution in [2.75, 3.05) is 13.2 Å². The Morgan fingerprint density at radius 2 is 1.77 bits per heavy atom. The molecule has 0 amide bonds. The van der Waals surface area contributed by atoms with Crippen molar-refractivity contribution in [1.82, 2.24) is 9.29 Å². The Hall–Kier alpha value is -2.91. The van der Waals surface area contributed by atoms with Crippen LogP contribution in [0.15, 0.2) is 67.0 Å². The van der Waals surface area contributed by atoms with E-state index in [1.165, 1.54) is 16.4 Å². The summed E-state index contributed by atoms with van der Waals surface area (Å²) in [4.78, 5) is 4.00. The largest absolute Gasteiger partial charge is 0.492 e. The lowest BCUT2D eigenvalue weighted by atomic mass is 10.0. The van der Waals surface area contributed by atoms with Gasteiger partial charge < -0.3 is 4.74 Å². The van der Waals surface area contributed by atoms with Crippen LogP contribution in [0.3, 0.4) is 0 Å². The van der Waals surface area contributed by atoms with E-state index in [0.717, 1.165) is 23.3 Å². The Morgan fingerprint density at radius 1 is 1.00 bits per heavy atom. The normalized spacial score (nSPS) is 15.1. The van der Waals surface area contributed by atoms with Crippen LogP contribution in [-0.4, -0.2) is 30.9 Å². The zero-order valence-corrected chi connectivity index (χ0v) is 17.2. The average Bonchev–Trinajstić information content (AvgIpc) is 2.96. The zero-order chi connectivity index (χ0) is 22.1. The molecule has 0 radical (unpaired) electrons. The van der Waals surface area contributed by atoms with Crippen LogP contribution in [0, 0.1) is 0 Å². The lowest BCUT2D eigenvalue weighted by Crippen LogP contribution is -2.33. The standard InChI is InChI=1S/C22H19F3N2O3S/c23-22(24,25)20-3-1-2-16(12-20)15-31(28,29)27-10-11-30-21-5-4-18(13-19(21)14-27)17-6-8-26-9-7-17/h1-9,12-13H,10-11,14-15H2. The average molecular weight is 448 g/mol. The van der Waals surface area contributed by atoms with Crippen LogP contribution >= 0.6 is 0 Å². The quantitative estimate of drug-likeness (QED) is 0.590. The van der Waals surface area contributed by atoms with Crippen molar-refractivity contribution in [3.8, 4) is 16.9 Å². The molecule has 0 saturated heterocycles. The number of benzene rings is 2. The molecule has 0 spiro atoms. The molecule has 2 heterocycles. The minimum atomic E-state index is -4.53. The number of fused-ring (bicyclic) bond motifs is 1. The van der Waals surface area contributed by atoms with Crippen molar-refractivity contribution in [2.45, 2.75) is 18.5 Å². The molecule has 162 valence electrons. The number of alkyl halides is 3. The van der Waals surface area contributed by atoms with Crippen molar-refractivity contribution in [1.29, 1.82) is 0 Å². The fourth-order valence-corrected chi connectivity index (χ4v) is 4.94. The van der Waals surface area contributed by atoms with Crippen LogP contribution in [-0.2, 0) is 28.5 Å². The third-order valence-electron chi connectivity index (χ3n) is 5.02. The van der Waals surface area contributed by atoms with E-state index in [2.05, 4.69) is 4.98 Å². The lowest BCUT2D eigenvalue weighted by Gasteiger charge is -2.20. The summed E-state index contributed by atoms with van der Waals surface area (Å²) >= 11 is 0. The number of ether oxygens (including phenoxy) is 1. The van der Waals surface area contributed by atoms with Gasteiger partial charge in [0.15, 0.2) is 0 Å². The molecule has 3 aromatic rings. The van der Waals surface area contributed by atoms with E-state index in [1.807, 2.05) is 24.3 Å². The van der Waals surface area contributed by atoms with Gasteiger partial charge in [-0.2, -0.15) is 17.5 Å². The zero-order valence-electron chi connectivity index (χ0n) is 16.3. The first-order chi connectivity index (χ1) is 14.7. The molecule has 0 bridgehead atoms. The van der Waals surface area contributed by atoms with Crippen molar-refractivity contribution in [2.24, 2.45) is 0 Å². The highest BCUT2D eigenvalue weighted by Gasteiger charge is 2.31. The van der Waals surface area contributed by atoms with E-state index >= 15 is 0 Å². The first-order valence-electron chi connectivity index (χ1n) is 9.52. The first-order valence-corrected chi connectivity index (χ1v) is 11.1. The Balaban J connectivity index is 1.59. The van der Waals surface area contributed by atoms with Gasteiger partial charge in [0.25, 0.3) is 0 Å². The van der Waals surface area contributed by atoms with Crippen molar-refractivity contribution in [3.63, 3.8) is 0 Å². The second-order valence-corrected chi connectivity index (χ2v) is 9.16. The Kier molecular flexibility index (Phi) is 5.72. The van der Waals surface area contributed by atoms with E-state index < -0.39 is 27.5 Å². The summed E-state index contributed by atoms with van der Waals surface area (Å²) in [6.07, 6.45) is -1.19. The number of nitrogens with zero attached hydrogens (tertiary/aromatic N) is 2. The SMILES string of the molecule is O=S(=O)(Cc1cccc(C(F)(F)F)c1)N1CCOc2ccc(-c3ccncc3)cc2C1. The van der Waals surface area contributed by atoms with E-state index in [9.17, 15) is 21.6 Å². The van der Waals surface area contributed by atoms with Gasteiger partial charge in [-0.05, 0) is 47.0 Å². The Morgan fingerprint density at radius 3 is 2.52 bits per heavy atom. The number of pyridine rings is 1. The third-order valence-corrected chi connectivity index (χ3v) is 6.81. The molecular formula is C22H19F3N2O3S. The highest BCUT2D eigenvalue weighted by atomic mass is 32.2. The molecule has 1 aliphatic rings. The number of rotatable bonds is 4. The molecule has 5 nitrogen and oxygen atoms in total. The van der Waals surface area contributed by atoms with Crippen LogP contribution in [0.1, 0.15) is 16.7 Å². The van der Waals surface area contributed by atoms with Gasteiger partial charge >= 0.3 is 6.18 Å². The predicted octanol–water partition coefficient (Wildman–Crippen LogP) is 4.49. The third kappa shape index (κ3) is 4.88. The molecule has 4 rings (SSSR count). The summed E-state index contributed by atoms with van der Waals surface area (Å²) in [5.41, 5.74) is 1.74. The summed E-state index contributed by atoms with van der Waals surface area (Å²) in [6.45, 7) is 0.347. The maximum atomic E-state index is 13.0. The van der Waals surface area contributed by atoms with E-state index in [0.29, 0.717) is 11.3 Å². The van der Waals surface area contributed by atoms with Crippen molar-refractivity contribution in [3.05, 3.63) is 83.7 Å². The van der Waals surface area contributed by atoms with Gasteiger partial charge in [0.1, 0.15) is 12.4 Å². The van der Waals surface area contributed by atoms with E-state index in [1.54, 1.807) is 18.5 Å². The Bertz CT molecular complexity index is 1180. The lowest BCUT2D eigenvalue weighted by molar-refractivity contribution is -0.137. The summed E-state index contributed by atoms with van der Waals surface area (Å²) in [5, 5.41) is 0. The Labute approximate surface area is 178 Å². The molecule has 31 heavy (non-hydrogen) atoms. The summed E-state index contributed by atoms with van der Waals surface area (Å²) in [7, 11) is -3.87. The topological polar surface area (TPSA) is 59.5 Å². The fraction of sp³-hybridized carbons (Fsp3) is 0.227. The van der Waals surface area contributed by atoms with Gasteiger partial charge in [0, 0.05) is 31.0 Å². The second-order valence-electron chi connectivity index (χ2n) is 7.19. The summed E-state index contributed by atoms with van der Waals surface area (Å²) in [5.74, 6) is 0.0746. The number of aromatic nitrogens is 1. The minimum Gasteiger partial charge on any atom is -0.492 e. The maximum absolute atomic E-state index is 13.0. The predicted molar refractivity (Wildman–Crippen MR) is 110 cm³/mol. The summed E-state index contributed by atoms with van der Waals surface area (Å²) < 4.78 is 71.9. The molecule has 0 aliphatic carbocycles. The summed E-state index contributed by atoms with van der Waals surface area (Å²) in [6, 6.07) is 13.7. The highest BCUT2D eigenvalue weighted by molar-refractivity contribution is 7.88. The minimum absolute atomic E-state index is 0.0789. The maximum Gasteiger partial charge on any atom is 0.416 e. The fourth-order valence-electron chi connectivity index (χ4n) is 3.47. The van der Waals surface area contributed by atoms with Gasteiger partial charge in [-0.15, -0.1) is 0 Å². The van der Waals surface area contributed by atoms with Crippen molar-refractivity contribution >= 4 is 10.0 Å². The number of sulfonamides is 1. The monoisotopic (exact) mass is 448 g/mol. The molecule has 9 heteroatoms. The van der Waals surface area contributed by atoms with E-state index in [4.69, 9.17) is 4.74 Å². The molecule has 0 N–H and O–H groups in total. The van der Waals surface area contributed by atoms with Crippen LogP contribution in [0.2, 0.25) is 0 Å². The number of hydrogen-bond donors (Lipinski definition) is 0. The molecular weight excluding hydrogens is 429 g/mol. The smallest absolute Gasteiger partial charge is 0.416 e. The molecule has 0 unspecified atom stereocenters. The second kappa shape index (κ2) is 8.32. The molecule has 1 aliphatic heterocycles. The molecule has 0 atom stereocenters.